The third-order valence-corrected chi connectivity index (χ3v) is 6.93. The third kappa shape index (κ3) is 22.2. The first-order chi connectivity index (χ1) is 25.5. The van der Waals surface area contributed by atoms with Crippen LogP contribution in [0.3, 0.4) is 0 Å². The van der Waals surface area contributed by atoms with Gasteiger partial charge in [0.2, 0.25) is 0 Å². The molecule has 0 aromatic heterocycles. The lowest BCUT2D eigenvalue weighted by molar-refractivity contribution is -0.158. The third-order valence-electron chi connectivity index (χ3n) is 5.99. The standard InChI is InChI=1S/C22H35N3O8S.C17H26N2O4/c1-20(2,3)31-17(26)16(23-18(27)32-21(4,5)6)14-10-12-15(13-11-14)24-34(29,30)25-19(28)33-22(7,8)9;1-16(2,3)22-14(20)13(11-7-9-12(18)10-8-11)19-15(21)23-17(4,5)6/h10-13,16,24H,1-9H3,(H,23,27)(H,25,28);7-10,13H,18H2,1-6H3,(H,19,21)/t16-;13-/m00/s1. The predicted octanol–water partition coefficient (Wildman–Crippen LogP) is 6.95. The van der Waals surface area contributed by atoms with Crippen molar-refractivity contribution in [3.63, 3.8) is 0 Å². The van der Waals surface area contributed by atoms with Crippen molar-refractivity contribution in [1.29, 1.82) is 0 Å². The molecule has 0 radical (unpaired) electrons. The largest absolute Gasteiger partial charge is 0.458 e. The Morgan fingerprint density at radius 2 is 0.789 bits per heavy atom. The number of alkyl carbamates (subject to hydrolysis) is 2. The molecular formula is C39H61N5O12S. The lowest BCUT2D eigenvalue weighted by Crippen LogP contribution is -2.40. The van der Waals surface area contributed by atoms with E-state index in [2.05, 4.69) is 15.4 Å². The molecule has 6 N–H and O–H groups in total. The molecule has 57 heavy (non-hydrogen) atoms. The van der Waals surface area contributed by atoms with Crippen LogP contribution in [0.15, 0.2) is 48.5 Å². The molecule has 3 amide bonds. The van der Waals surface area contributed by atoms with Crippen molar-refractivity contribution in [2.45, 2.75) is 144 Å². The first kappa shape index (κ1) is 49.8. The normalized spacial score (nSPS) is 13.2. The van der Waals surface area contributed by atoms with Gasteiger partial charge in [-0.25, -0.2) is 28.7 Å². The molecule has 0 fully saturated rings. The second-order valence-corrected chi connectivity index (χ2v) is 19.1. The van der Waals surface area contributed by atoms with Crippen LogP contribution in [0.2, 0.25) is 0 Å². The number of nitrogens with one attached hydrogen (secondary N) is 4. The van der Waals surface area contributed by atoms with Crippen LogP contribution >= 0.6 is 0 Å². The topological polar surface area (TPSA) is 240 Å². The number of amides is 3. The van der Waals surface area contributed by atoms with Crippen molar-refractivity contribution in [2.24, 2.45) is 0 Å². The zero-order valence-corrected chi connectivity index (χ0v) is 36.5. The Hall–Kier alpha value is -5.26. The average Bonchev–Trinajstić information content (AvgIpc) is 2.95. The van der Waals surface area contributed by atoms with Gasteiger partial charge in [0.25, 0.3) is 0 Å². The van der Waals surface area contributed by atoms with Crippen LogP contribution < -0.4 is 25.8 Å². The number of nitrogen functional groups attached to an aromatic ring is 1. The summed E-state index contributed by atoms with van der Waals surface area (Å²) in [5.74, 6) is -1.29. The number of benzene rings is 2. The van der Waals surface area contributed by atoms with E-state index in [1.807, 2.05) is 0 Å². The SMILES string of the molecule is CC(C)(C)OC(=O)N[C@H](C(=O)OC(C)(C)C)c1ccc(N)cc1.CC(C)(C)OC(=O)N[C@H](C(=O)OC(C)(C)C)c1ccc(NS(=O)(=O)NC(=O)OC(C)(C)C)cc1. The van der Waals surface area contributed by atoms with Crippen molar-refractivity contribution in [3.8, 4) is 0 Å². The van der Waals surface area contributed by atoms with Gasteiger partial charge in [0, 0.05) is 5.69 Å². The van der Waals surface area contributed by atoms with E-state index in [1.54, 1.807) is 133 Å². The van der Waals surface area contributed by atoms with Crippen molar-refractivity contribution in [2.75, 3.05) is 10.5 Å². The van der Waals surface area contributed by atoms with Gasteiger partial charge in [-0.05, 0) is 139 Å². The van der Waals surface area contributed by atoms with Gasteiger partial charge < -0.3 is 40.1 Å². The molecule has 0 aliphatic carbocycles. The zero-order chi connectivity index (χ0) is 44.4. The Balaban J connectivity index is 0.000000614. The quantitative estimate of drug-likeness (QED) is 0.0978. The van der Waals surface area contributed by atoms with Gasteiger partial charge in [0.05, 0.1) is 5.69 Å². The lowest BCUT2D eigenvalue weighted by Gasteiger charge is -2.26. The van der Waals surface area contributed by atoms with Crippen LogP contribution in [0.5, 0.6) is 0 Å². The first-order valence-corrected chi connectivity index (χ1v) is 19.5. The maximum absolute atomic E-state index is 12.7. The van der Waals surface area contributed by atoms with Gasteiger partial charge in [-0.3, -0.25) is 4.72 Å². The molecule has 0 unspecified atom stereocenters. The monoisotopic (exact) mass is 823 g/mol. The van der Waals surface area contributed by atoms with Crippen LogP contribution in [0.1, 0.15) is 127 Å². The van der Waals surface area contributed by atoms with Crippen LogP contribution in [-0.2, 0) is 43.5 Å². The molecule has 0 aliphatic heterocycles. The van der Waals surface area contributed by atoms with E-state index >= 15 is 0 Å². The fraction of sp³-hybridized carbons (Fsp3) is 0.564. The van der Waals surface area contributed by atoms with Crippen molar-refractivity contribution in [1.82, 2.24) is 15.4 Å². The molecule has 2 rings (SSSR count). The molecule has 0 spiro atoms. The van der Waals surface area contributed by atoms with E-state index in [0.717, 1.165) is 0 Å². The van der Waals surface area contributed by atoms with E-state index in [1.165, 1.54) is 24.3 Å². The number of ether oxygens (including phenoxy) is 5. The van der Waals surface area contributed by atoms with Gasteiger partial charge in [0.1, 0.15) is 28.0 Å². The molecule has 0 aliphatic rings. The van der Waals surface area contributed by atoms with E-state index in [9.17, 15) is 32.4 Å². The fourth-order valence-electron chi connectivity index (χ4n) is 4.15. The molecule has 17 nitrogen and oxygen atoms in total. The number of nitrogens with two attached hydrogens (primary N) is 1. The minimum Gasteiger partial charge on any atom is -0.458 e. The molecule has 2 atom stereocenters. The van der Waals surface area contributed by atoms with Gasteiger partial charge in [-0.15, -0.1) is 0 Å². The highest BCUT2D eigenvalue weighted by atomic mass is 32.2. The zero-order valence-electron chi connectivity index (χ0n) is 35.7. The Kier molecular flexibility index (Phi) is 16.8. The first-order valence-electron chi connectivity index (χ1n) is 18.0. The summed E-state index contributed by atoms with van der Waals surface area (Å²) in [6.07, 6.45) is -2.65. The van der Waals surface area contributed by atoms with Crippen molar-refractivity contribution in [3.05, 3.63) is 59.7 Å². The maximum atomic E-state index is 12.7. The van der Waals surface area contributed by atoms with Crippen LogP contribution in [0, 0.1) is 0 Å². The maximum Gasteiger partial charge on any atom is 0.422 e. The minimum absolute atomic E-state index is 0.0972. The minimum atomic E-state index is -4.27. The lowest BCUT2D eigenvalue weighted by atomic mass is 10.1. The summed E-state index contributed by atoms with van der Waals surface area (Å²) in [6, 6.07) is 10.0. The number of carbonyl (C=O) groups is 5. The van der Waals surface area contributed by atoms with Gasteiger partial charge in [-0.1, -0.05) is 24.3 Å². The summed E-state index contributed by atoms with van der Waals surface area (Å²) in [6.45, 7) is 25.4. The number of esters is 2. The van der Waals surface area contributed by atoms with Crippen LogP contribution in [0.25, 0.3) is 0 Å². The summed E-state index contributed by atoms with van der Waals surface area (Å²) in [7, 11) is -4.27. The highest BCUT2D eigenvalue weighted by molar-refractivity contribution is 7.91. The fourth-order valence-corrected chi connectivity index (χ4v) is 4.91. The average molecular weight is 824 g/mol. The Morgan fingerprint density at radius 3 is 1.11 bits per heavy atom. The van der Waals surface area contributed by atoms with E-state index in [-0.39, 0.29) is 5.69 Å². The molecule has 0 heterocycles. The van der Waals surface area contributed by atoms with E-state index < -0.39 is 80.5 Å². The molecule has 18 heteroatoms. The predicted molar refractivity (Wildman–Crippen MR) is 215 cm³/mol. The summed E-state index contributed by atoms with van der Waals surface area (Å²) in [4.78, 5) is 61.2. The Morgan fingerprint density at radius 1 is 0.491 bits per heavy atom. The van der Waals surface area contributed by atoms with Crippen LogP contribution in [-0.4, -0.2) is 66.6 Å². The Bertz CT molecular complexity index is 1800. The molecule has 0 saturated carbocycles. The van der Waals surface area contributed by atoms with Gasteiger partial charge in [0.15, 0.2) is 12.1 Å². The summed E-state index contributed by atoms with van der Waals surface area (Å²) >= 11 is 0. The molecule has 0 bridgehead atoms. The second-order valence-electron chi connectivity index (χ2n) is 17.7. The van der Waals surface area contributed by atoms with Gasteiger partial charge >= 0.3 is 40.4 Å². The van der Waals surface area contributed by atoms with Crippen molar-refractivity contribution < 1.29 is 56.1 Å². The molecular weight excluding hydrogens is 763 g/mol. The summed E-state index contributed by atoms with van der Waals surface area (Å²) in [5.41, 5.74) is 3.41. The number of rotatable bonds is 9. The second kappa shape index (κ2) is 19.3. The highest BCUT2D eigenvalue weighted by Crippen LogP contribution is 2.23. The number of carbonyl (C=O) groups excluding carboxylic acids is 5. The number of hydrogen-bond donors (Lipinski definition) is 5. The molecule has 0 saturated heterocycles. The van der Waals surface area contributed by atoms with E-state index in [0.29, 0.717) is 16.8 Å². The Labute approximate surface area is 336 Å². The molecule has 2 aromatic rings. The summed E-state index contributed by atoms with van der Waals surface area (Å²) < 4.78 is 54.4. The molecule has 320 valence electrons. The summed E-state index contributed by atoms with van der Waals surface area (Å²) in [5, 5.41) is 5.03. The smallest absolute Gasteiger partial charge is 0.422 e. The number of hydrogen-bond acceptors (Lipinski definition) is 13. The van der Waals surface area contributed by atoms with Gasteiger partial charge in [-0.2, -0.15) is 8.42 Å². The highest BCUT2D eigenvalue weighted by Gasteiger charge is 2.32. The van der Waals surface area contributed by atoms with Crippen LogP contribution in [0.4, 0.5) is 25.8 Å². The molecule has 2 aromatic carbocycles. The number of anilines is 2. The van der Waals surface area contributed by atoms with E-state index in [4.69, 9.17) is 29.4 Å². The van der Waals surface area contributed by atoms with Crippen molar-refractivity contribution >= 4 is 51.8 Å².